The van der Waals surface area contributed by atoms with Crippen molar-refractivity contribution in [3.8, 4) is 11.5 Å². The molecule has 8 heteroatoms. The highest BCUT2D eigenvalue weighted by Gasteiger charge is 2.17. The normalized spacial score (nSPS) is 13.0. The van der Waals surface area contributed by atoms with Gasteiger partial charge in [0.15, 0.2) is 5.76 Å². The van der Waals surface area contributed by atoms with Crippen LogP contribution in [-0.4, -0.2) is 38.4 Å². The van der Waals surface area contributed by atoms with Gasteiger partial charge in [-0.2, -0.15) is 0 Å². The van der Waals surface area contributed by atoms with Gasteiger partial charge in [0.2, 0.25) is 0 Å². The first kappa shape index (κ1) is 21.6. The van der Waals surface area contributed by atoms with Gasteiger partial charge in [0, 0.05) is 40.6 Å². The fraction of sp³-hybridized carbons (Fsp3) is 0.273. The SMILES string of the molecule is COc1ccc(CNC(=O)c2ccc(C)c(NC(=O)C3=CSCCO3)c2)c(OC)c1. The number of carbonyl (C=O) groups is 2. The maximum Gasteiger partial charge on any atom is 0.291 e. The van der Waals surface area contributed by atoms with Crippen molar-refractivity contribution in [2.75, 3.05) is 31.9 Å². The molecule has 0 atom stereocenters. The third-order valence-corrected chi connectivity index (χ3v) is 5.34. The van der Waals surface area contributed by atoms with E-state index in [1.165, 1.54) is 11.8 Å². The number of hydrogen-bond acceptors (Lipinski definition) is 6. The van der Waals surface area contributed by atoms with Gasteiger partial charge in [0.05, 0.1) is 20.8 Å². The number of methoxy groups -OCH3 is 2. The van der Waals surface area contributed by atoms with Gasteiger partial charge in [-0.1, -0.05) is 6.07 Å². The average Bonchev–Trinajstić information content (AvgIpc) is 2.79. The summed E-state index contributed by atoms with van der Waals surface area (Å²) in [6, 6.07) is 10.6. The maximum atomic E-state index is 12.7. The van der Waals surface area contributed by atoms with Crippen LogP contribution in [0.2, 0.25) is 0 Å². The van der Waals surface area contributed by atoms with Gasteiger partial charge < -0.3 is 24.8 Å². The Balaban J connectivity index is 1.68. The third-order valence-electron chi connectivity index (χ3n) is 4.55. The fourth-order valence-electron chi connectivity index (χ4n) is 2.84. The lowest BCUT2D eigenvalue weighted by Gasteiger charge is -2.16. The minimum atomic E-state index is -0.328. The molecule has 0 saturated carbocycles. The first-order valence-corrected chi connectivity index (χ1v) is 10.4. The molecule has 2 N–H and O–H groups in total. The van der Waals surface area contributed by atoms with E-state index in [2.05, 4.69) is 10.6 Å². The van der Waals surface area contributed by atoms with Crippen molar-refractivity contribution in [2.45, 2.75) is 13.5 Å². The Morgan fingerprint density at radius 1 is 1.10 bits per heavy atom. The highest BCUT2D eigenvalue weighted by atomic mass is 32.2. The van der Waals surface area contributed by atoms with Crippen molar-refractivity contribution in [3.63, 3.8) is 0 Å². The highest BCUT2D eigenvalue weighted by Crippen LogP contribution is 2.25. The van der Waals surface area contributed by atoms with Crippen molar-refractivity contribution in [3.05, 3.63) is 64.3 Å². The molecular formula is C22H24N2O5S. The number of hydrogen-bond donors (Lipinski definition) is 2. The van der Waals surface area contributed by atoms with Crippen molar-refractivity contribution in [1.82, 2.24) is 5.32 Å². The minimum Gasteiger partial charge on any atom is -0.497 e. The summed E-state index contributed by atoms with van der Waals surface area (Å²) in [5.74, 6) is 1.83. The van der Waals surface area contributed by atoms with Crippen LogP contribution in [0.25, 0.3) is 0 Å². The number of thioether (sulfide) groups is 1. The minimum absolute atomic E-state index is 0.257. The smallest absolute Gasteiger partial charge is 0.291 e. The Hall–Kier alpha value is -3.13. The summed E-state index contributed by atoms with van der Waals surface area (Å²) in [4.78, 5) is 25.1. The summed E-state index contributed by atoms with van der Waals surface area (Å²) in [5, 5.41) is 7.40. The zero-order valence-corrected chi connectivity index (χ0v) is 17.9. The van der Waals surface area contributed by atoms with E-state index in [1.54, 1.807) is 43.9 Å². The summed E-state index contributed by atoms with van der Waals surface area (Å²) < 4.78 is 15.9. The topological polar surface area (TPSA) is 85.9 Å². The molecule has 0 spiro atoms. The molecule has 0 saturated heterocycles. The molecular weight excluding hydrogens is 404 g/mol. The van der Waals surface area contributed by atoms with Gasteiger partial charge in [-0.3, -0.25) is 9.59 Å². The van der Waals surface area contributed by atoms with E-state index in [1.807, 2.05) is 19.1 Å². The van der Waals surface area contributed by atoms with Crippen LogP contribution >= 0.6 is 11.8 Å². The molecule has 7 nitrogen and oxygen atoms in total. The van der Waals surface area contributed by atoms with Gasteiger partial charge in [-0.25, -0.2) is 0 Å². The maximum absolute atomic E-state index is 12.7. The molecule has 2 aromatic carbocycles. The summed E-state index contributed by atoms with van der Waals surface area (Å²) in [5.41, 5.74) is 2.68. The van der Waals surface area contributed by atoms with Crippen molar-refractivity contribution >= 4 is 29.3 Å². The van der Waals surface area contributed by atoms with Crippen LogP contribution in [0.3, 0.4) is 0 Å². The van der Waals surface area contributed by atoms with Crippen LogP contribution in [0.15, 0.2) is 47.6 Å². The second-order valence-electron chi connectivity index (χ2n) is 6.55. The Kier molecular flexibility index (Phi) is 7.24. The van der Waals surface area contributed by atoms with E-state index in [9.17, 15) is 9.59 Å². The Morgan fingerprint density at radius 3 is 2.63 bits per heavy atom. The number of benzene rings is 2. The van der Waals surface area contributed by atoms with Gasteiger partial charge in [0.1, 0.15) is 11.5 Å². The lowest BCUT2D eigenvalue weighted by molar-refractivity contribution is -0.116. The van der Waals surface area contributed by atoms with Crippen molar-refractivity contribution in [1.29, 1.82) is 0 Å². The second-order valence-corrected chi connectivity index (χ2v) is 7.52. The molecule has 0 aromatic heterocycles. The quantitative estimate of drug-likeness (QED) is 0.702. The zero-order valence-electron chi connectivity index (χ0n) is 17.1. The molecule has 1 aliphatic heterocycles. The molecule has 0 unspecified atom stereocenters. The molecule has 0 bridgehead atoms. The van der Waals surface area contributed by atoms with E-state index >= 15 is 0 Å². The number of aryl methyl sites for hydroxylation is 1. The van der Waals surface area contributed by atoms with Gasteiger partial charge >= 0.3 is 0 Å². The zero-order chi connectivity index (χ0) is 21.5. The lowest BCUT2D eigenvalue weighted by Crippen LogP contribution is -2.24. The average molecular weight is 429 g/mol. The van der Waals surface area contributed by atoms with Crippen LogP contribution in [0, 0.1) is 6.92 Å². The number of carbonyl (C=O) groups excluding carboxylic acids is 2. The molecule has 30 heavy (non-hydrogen) atoms. The summed E-state index contributed by atoms with van der Waals surface area (Å²) >= 11 is 1.53. The Bertz CT molecular complexity index is 974. The van der Waals surface area contributed by atoms with Crippen LogP contribution < -0.4 is 20.1 Å². The van der Waals surface area contributed by atoms with Crippen molar-refractivity contribution < 1.29 is 23.8 Å². The number of ether oxygens (including phenoxy) is 3. The standard InChI is InChI=1S/C22H24N2O5S/c1-14-4-5-15(10-18(14)24-22(26)20-13-30-9-8-29-20)21(25)23-12-16-6-7-17(27-2)11-19(16)28-3/h4-7,10-11,13H,8-9,12H2,1-3H3,(H,23,25)(H,24,26). The Morgan fingerprint density at radius 2 is 1.93 bits per heavy atom. The molecule has 2 amide bonds. The van der Waals surface area contributed by atoms with E-state index in [0.29, 0.717) is 35.9 Å². The largest absolute Gasteiger partial charge is 0.497 e. The van der Waals surface area contributed by atoms with Crippen LogP contribution in [0.1, 0.15) is 21.5 Å². The van der Waals surface area contributed by atoms with E-state index in [-0.39, 0.29) is 17.6 Å². The number of nitrogens with one attached hydrogen (secondary N) is 2. The van der Waals surface area contributed by atoms with Crippen LogP contribution in [-0.2, 0) is 16.1 Å². The Labute approximate surface area is 179 Å². The summed E-state index contributed by atoms with van der Waals surface area (Å²) in [6.45, 7) is 2.66. The van der Waals surface area contributed by atoms with E-state index in [4.69, 9.17) is 14.2 Å². The third kappa shape index (κ3) is 5.27. The van der Waals surface area contributed by atoms with Gasteiger partial charge in [0.25, 0.3) is 11.8 Å². The first-order valence-electron chi connectivity index (χ1n) is 9.37. The molecule has 0 aliphatic carbocycles. The molecule has 1 heterocycles. The van der Waals surface area contributed by atoms with Crippen LogP contribution in [0.4, 0.5) is 5.69 Å². The molecule has 0 radical (unpaired) electrons. The monoisotopic (exact) mass is 428 g/mol. The van der Waals surface area contributed by atoms with Gasteiger partial charge in [-0.15, -0.1) is 11.8 Å². The summed E-state index contributed by atoms with van der Waals surface area (Å²) in [6.07, 6.45) is 0. The van der Waals surface area contributed by atoms with Crippen molar-refractivity contribution in [2.24, 2.45) is 0 Å². The number of amides is 2. The van der Waals surface area contributed by atoms with Crippen LogP contribution in [0.5, 0.6) is 11.5 Å². The van der Waals surface area contributed by atoms with Gasteiger partial charge in [-0.05, 0) is 36.8 Å². The number of rotatable bonds is 7. The molecule has 0 fully saturated rings. The summed E-state index contributed by atoms with van der Waals surface area (Å²) in [7, 11) is 3.15. The van der Waals surface area contributed by atoms with E-state index < -0.39 is 0 Å². The molecule has 2 aromatic rings. The first-order chi connectivity index (χ1) is 14.5. The predicted octanol–water partition coefficient (Wildman–Crippen LogP) is 3.49. The second kappa shape index (κ2) is 10.1. The molecule has 158 valence electrons. The fourth-order valence-corrected chi connectivity index (χ4v) is 3.47. The molecule has 3 rings (SSSR count). The predicted molar refractivity (Wildman–Crippen MR) is 117 cm³/mol. The number of anilines is 1. The lowest BCUT2D eigenvalue weighted by atomic mass is 10.1. The van der Waals surface area contributed by atoms with E-state index in [0.717, 1.165) is 16.9 Å². The molecule has 1 aliphatic rings. The highest BCUT2D eigenvalue weighted by molar-refractivity contribution is 8.02.